The van der Waals surface area contributed by atoms with Crippen LogP contribution in [0.15, 0.2) is 42.9 Å². The van der Waals surface area contributed by atoms with Crippen LogP contribution in [0.2, 0.25) is 0 Å². The van der Waals surface area contributed by atoms with Crippen LogP contribution in [-0.4, -0.2) is 52.7 Å². The minimum Gasteiger partial charge on any atom is -0.355 e. The molecule has 2 heterocycles. The van der Waals surface area contributed by atoms with E-state index in [1.807, 2.05) is 18.5 Å². The predicted octanol–water partition coefficient (Wildman–Crippen LogP) is 3.83. The molecular formula is C25H33N5O. The van der Waals surface area contributed by atoms with Crippen LogP contribution in [0, 0.1) is 12.3 Å². The second-order valence-electron chi connectivity index (χ2n) is 9.50. The van der Waals surface area contributed by atoms with E-state index in [9.17, 15) is 4.79 Å². The Hall–Kier alpha value is -2.73. The number of aryl methyl sites for hydroxylation is 1. The van der Waals surface area contributed by atoms with Gasteiger partial charge in [0.1, 0.15) is 0 Å². The first-order chi connectivity index (χ1) is 14.9. The summed E-state index contributed by atoms with van der Waals surface area (Å²) in [4.78, 5) is 19.4. The topological polar surface area (TPSA) is 73.9 Å². The number of benzene rings is 1. The summed E-state index contributed by atoms with van der Waals surface area (Å²) in [7, 11) is 4.15. The van der Waals surface area contributed by atoms with Crippen molar-refractivity contribution in [3.63, 3.8) is 0 Å². The zero-order valence-corrected chi connectivity index (χ0v) is 19.0. The molecule has 2 N–H and O–H groups in total. The highest BCUT2D eigenvalue weighted by atomic mass is 16.1. The first-order valence-corrected chi connectivity index (χ1v) is 11.1. The lowest BCUT2D eigenvalue weighted by atomic mass is 9.82. The van der Waals surface area contributed by atoms with Gasteiger partial charge in [0.25, 0.3) is 0 Å². The molecule has 164 valence electrons. The standard InChI is InChI=1S/C25H33N5O/c1-17-18(7-8-23-21(17)16-28-29-23)12-20(30(3)4)15-27-24(31)13-22(25(2)9-10-25)19-6-5-11-26-14-19/h5-8,11,14,16,20,22H,9-10,12-13,15H2,1-4H3,(H,27,31)(H,28,29)/t20-,22-/m0/s1. The zero-order valence-electron chi connectivity index (χ0n) is 19.0. The van der Waals surface area contributed by atoms with Gasteiger partial charge >= 0.3 is 0 Å². The average molecular weight is 420 g/mol. The molecule has 2 atom stereocenters. The number of aromatic nitrogens is 3. The number of amides is 1. The second-order valence-corrected chi connectivity index (χ2v) is 9.50. The second kappa shape index (κ2) is 8.79. The molecule has 1 amide bonds. The summed E-state index contributed by atoms with van der Waals surface area (Å²) in [6.45, 7) is 5.06. The van der Waals surface area contributed by atoms with Crippen molar-refractivity contribution in [3.8, 4) is 0 Å². The molecule has 31 heavy (non-hydrogen) atoms. The summed E-state index contributed by atoms with van der Waals surface area (Å²) < 4.78 is 0. The van der Waals surface area contributed by atoms with Crippen LogP contribution >= 0.6 is 0 Å². The minimum absolute atomic E-state index is 0.121. The van der Waals surface area contributed by atoms with Crippen LogP contribution in [0.5, 0.6) is 0 Å². The molecule has 0 saturated heterocycles. The highest BCUT2D eigenvalue weighted by Crippen LogP contribution is 2.56. The fourth-order valence-corrected chi connectivity index (χ4v) is 4.50. The lowest BCUT2D eigenvalue weighted by Crippen LogP contribution is -2.42. The number of fused-ring (bicyclic) bond motifs is 1. The van der Waals surface area contributed by atoms with E-state index >= 15 is 0 Å². The van der Waals surface area contributed by atoms with Crippen LogP contribution in [0.4, 0.5) is 0 Å². The number of pyridine rings is 1. The zero-order chi connectivity index (χ0) is 22.0. The smallest absolute Gasteiger partial charge is 0.220 e. The normalized spacial score (nSPS) is 16.9. The number of nitrogens with one attached hydrogen (secondary N) is 2. The molecular weight excluding hydrogens is 386 g/mol. The molecule has 0 unspecified atom stereocenters. The number of hydrogen-bond acceptors (Lipinski definition) is 4. The maximum atomic E-state index is 12.9. The number of rotatable bonds is 9. The van der Waals surface area contributed by atoms with Gasteiger partial charge in [-0.3, -0.25) is 14.9 Å². The first-order valence-electron chi connectivity index (χ1n) is 11.1. The van der Waals surface area contributed by atoms with Crippen molar-refractivity contribution in [2.24, 2.45) is 5.41 Å². The van der Waals surface area contributed by atoms with Gasteiger partial charge in [0, 0.05) is 36.8 Å². The molecule has 1 saturated carbocycles. The van der Waals surface area contributed by atoms with Gasteiger partial charge in [0.15, 0.2) is 0 Å². The van der Waals surface area contributed by atoms with E-state index in [2.05, 4.69) is 71.5 Å². The Morgan fingerprint density at radius 2 is 2.06 bits per heavy atom. The Kier molecular flexibility index (Phi) is 6.10. The Labute approximate surface area is 184 Å². The summed E-state index contributed by atoms with van der Waals surface area (Å²) in [5.41, 5.74) is 5.00. The maximum absolute atomic E-state index is 12.9. The van der Waals surface area contributed by atoms with E-state index in [0.29, 0.717) is 13.0 Å². The molecule has 4 rings (SSSR count). The average Bonchev–Trinajstić information content (AvgIpc) is 3.31. The van der Waals surface area contributed by atoms with Crippen molar-refractivity contribution in [1.29, 1.82) is 0 Å². The van der Waals surface area contributed by atoms with E-state index in [-0.39, 0.29) is 23.3 Å². The molecule has 2 aromatic heterocycles. The number of carbonyl (C=O) groups excluding carboxylic acids is 1. The van der Waals surface area contributed by atoms with Gasteiger partial charge in [-0.2, -0.15) is 5.10 Å². The number of aromatic amines is 1. The van der Waals surface area contributed by atoms with Crippen molar-refractivity contribution < 1.29 is 4.79 Å². The number of hydrogen-bond donors (Lipinski definition) is 2. The van der Waals surface area contributed by atoms with Crippen molar-refractivity contribution in [1.82, 2.24) is 25.4 Å². The van der Waals surface area contributed by atoms with Crippen molar-refractivity contribution in [2.75, 3.05) is 20.6 Å². The van der Waals surface area contributed by atoms with Crippen LogP contribution < -0.4 is 5.32 Å². The van der Waals surface area contributed by atoms with Gasteiger partial charge in [-0.05, 0) is 80.4 Å². The Bertz CT molecular complexity index is 1040. The van der Waals surface area contributed by atoms with Crippen LogP contribution in [0.1, 0.15) is 48.8 Å². The third-order valence-electron chi connectivity index (χ3n) is 7.08. The molecule has 1 aliphatic rings. The molecule has 6 heteroatoms. The monoisotopic (exact) mass is 419 g/mol. The Morgan fingerprint density at radius 1 is 1.26 bits per heavy atom. The van der Waals surface area contributed by atoms with E-state index < -0.39 is 0 Å². The third-order valence-corrected chi connectivity index (χ3v) is 7.08. The molecule has 6 nitrogen and oxygen atoms in total. The molecule has 3 aromatic rings. The molecule has 1 aliphatic carbocycles. The van der Waals surface area contributed by atoms with Crippen LogP contribution in [0.3, 0.4) is 0 Å². The van der Waals surface area contributed by atoms with E-state index in [0.717, 1.165) is 17.3 Å². The summed E-state index contributed by atoms with van der Waals surface area (Å²) in [5.74, 6) is 0.348. The van der Waals surface area contributed by atoms with Crippen LogP contribution in [-0.2, 0) is 11.2 Å². The molecule has 0 aliphatic heterocycles. The van der Waals surface area contributed by atoms with Crippen molar-refractivity contribution in [2.45, 2.75) is 51.5 Å². The van der Waals surface area contributed by atoms with E-state index in [4.69, 9.17) is 0 Å². The first kappa shape index (κ1) is 21.5. The van der Waals surface area contributed by atoms with Gasteiger partial charge in [-0.25, -0.2) is 0 Å². The number of likely N-dealkylation sites (N-methyl/N-ethyl adjacent to an activating group) is 1. The Balaban J connectivity index is 1.40. The van der Waals surface area contributed by atoms with Crippen molar-refractivity contribution in [3.05, 3.63) is 59.5 Å². The SMILES string of the molecule is Cc1c(C[C@@H](CNC(=O)C[C@@H](c2cccnc2)C2(C)CC2)N(C)C)ccc2[nH]ncc12. The fourth-order valence-electron chi connectivity index (χ4n) is 4.50. The van der Waals surface area contributed by atoms with E-state index in [1.54, 1.807) is 6.20 Å². The lowest BCUT2D eigenvalue weighted by Gasteiger charge is -2.27. The van der Waals surface area contributed by atoms with Crippen molar-refractivity contribution >= 4 is 16.8 Å². The van der Waals surface area contributed by atoms with Gasteiger partial charge in [-0.15, -0.1) is 0 Å². The largest absolute Gasteiger partial charge is 0.355 e. The molecule has 1 aromatic carbocycles. The summed E-state index contributed by atoms with van der Waals surface area (Å²) >= 11 is 0. The van der Waals surface area contributed by atoms with Gasteiger partial charge < -0.3 is 10.2 Å². The summed E-state index contributed by atoms with van der Waals surface area (Å²) in [6.07, 6.45) is 9.34. The number of nitrogens with zero attached hydrogens (tertiary/aromatic N) is 3. The fraction of sp³-hybridized carbons (Fsp3) is 0.480. The highest BCUT2D eigenvalue weighted by molar-refractivity contribution is 5.82. The molecule has 0 bridgehead atoms. The quantitative estimate of drug-likeness (QED) is 0.553. The van der Waals surface area contributed by atoms with E-state index in [1.165, 1.54) is 29.5 Å². The minimum atomic E-state index is 0.121. The molecule has 0 radical (unpaired) electrons. The number of H-pyrrole nitrogens is 1. The molecule has 0 spiro atoms. The van der Waals surface area contributed by atoms with Gasteiger partial charge in [0.05, 0.1) is 11.7 Å². The summed E-state index contributed by atoms with van der Waals surface area (Å²) in [5, 5.41) is 11.6. The third kappa shape index (κ3) is 4.79. The Morgan fingerprint density at radius 3 is 2.74 bits per heavy atom. The van der Waals surface area contributed by atoms with Gasteiger partial charge in [0.2, 0.25) is 5.91 Å². The predicted molar refractivity (Wildman–Crippen MR) is 124 cm³/mol. The maximum Gasteiger partial charge on any atom is 0.220 e. The summed E-state index contributed by atoms with van der Waals surface area (Å²) in [6, 6.07) is 8.55. The molecule has 1 fully saturated rings. The van der Waals surface area contributed by atoms with Crippen LogP contribution in [0.25, 0.3) is 10.9 Å². The van der Waals surface area contributed by atoms with Gasteiger partial charge in [-0.1, -0.05) is 19.1 Å². The number of carbonyl (C=O) groups is 1. The lowest BCUT2D eigenvalue weighted by molar-refractivity contribution is -0.122. The highest BCUT2D eigenvalue weighted by Gasteiger charge is 2.46.